The third-order valence-electron chi connectivity index (χ3n) is 3.83. The Labute approximate surface area is 140 Å². The number of hydrogen-bond acceptors (Lipinski definition) is 4. The molecule has 24 heavy (non-hydrogen) atoms. The Kier molecular flexibility index (Phi) is 4.34. The largest absolute Gasteiger partial charge is 0.326 e. The van der Waals surface area contributed by atoms with Crippen LogP contribution >= 0.6 is 0 Å². The molecule has 0 unspecified atom stereocenters. The Morgan fingerprint density at radius 1 is 1.17 bits per heavy atom. The van der Waals surface area contributed by atoms with Gasteiger partial charge < -0.3 is 5.32 Å². The minimum Gasteiger partial charge on any atom is -0.326 e. The van der Waals surface area contributed by atoms with Crippen molar-refractivity contribution < 1.29 is 13.2 Å². The molecule has 3 rings (SSSR count). The van der Waals surface area contributed by atoms with Gasteiger partial charge in [0, 0.05) is 18.7 Å². The second kappa shape index (κ2) is 6.43. The third-order valence-corrected chi connectivity index (χ3v) is 5.29. The van der Waals surface area contributed by atoms with Gasteiger partial charge in [0.2, 0.25) is 15.9 Å². The lowest BCUT2D eigenvalue weighted by atomic mass is 10.0. The predicted octanol–water partition coefficient (Wildman–Crippen LogP) is 1.92. The van der Waals surface area contributed by atoms with E-state index in [0.717, 1.165) is 16.8 Å². The van der Waals surface area contributed by atoms with E-state index in [1.165, 1.54) is 12.1 Å². The quantitative estimate of drug-likeness (QED) is 0.887. The summed E-state index contributed by atoms with van der Waals surface area (Å²) in [5.41, 5.74) is 2.66. The average molecular weight is 341 g/mol. The highest BCUT2D eigenvalue weighted by Crippen LogP contribution is 2.24. The fraction of sp³-hybridized carbons (Fsp3) is 0.176. The number of hydrogen-bond donors (Lipinski definition) is 2. The van der Waals surface area contributed by atoms with Crippen molar-refractivity contribution in [2.75, 3.05) is 5.32 Å². The van der Waals surface area contributed by atoms with Crippen molar-refractivity contribution in [3.63, 3.8) is 0 Å². The van der Waals surface area contributed by atoms with Gasteiger partial charge in [-0.25, -0.2) is 13.1 Å². The van der Waals surface area contributed by atoms with E-state index in [1.54, 1.807) is 24.3 Å². The molecule has 7 heteroatoms. The van der Waals surface area contributed by atoms with Crippen LogP contribution in [0.25, 0.3) is 0 Å². The first-order chi connectivity index (χ1) is 11.5. The molecule has 0 aromatic heterocycles. The maximum absolute atomic E-state index is 12.4. The Bertz CT molecular complexity index is 946. The number of carbonyl (C=O) groups is 1. The molecule has 2 N–H and O–H groups in total. The summed E-state index contributed by atoms with van der Waals surface area (Å²) >= 11 is 0. The van der Waals surface area contributed by atoms with Gasteiger partial charge in [-0.2, -0.15) is 5.26 Å². The molecular formula is C17H15N3O3S. The highest BCUT2D eigenvalue weighted by Gasteiger charge is 2.19. The molecule has 0 saturated carbocycles. The number of carbonyl (C=O) groups excluding carboxylic acids is 1. The van der Waals surface area contributed by atoms with Gasteiger partial charge in [-0.05, 0) is 35.7 Å². The summed E-state index contributed by atoms with van der Waals surface area (Å²) in [5.74, 6) is -0.0101. The van der Waals surface area contributed by atoms with Crippen LogP contribution in [-0.4, -0.2) is 14.3 Å². The summed E-state index contributed by atoms with van der Waals surface area (Å²) in [6, 6.07) is 13.4. The Hall–Kier alpha value is -2.69. The van der Waals surface area contributed by atoms with E-state index in [0.29, 0.717) is 12.8 Å². The van der Waals surface area contributed by atoms with E-state index in [2.05, 4.69) is 10.0 Å². The number of fused-ring (bicyclic) bond motifs is 1. The number of anilines is 1. The molecule has 0 aliphatic carbocycles. The summed E-state index contributed by atoms with van der Waals surface area (Å²) in [6.07, 6.45) is 1.07. The number of aryl methyl sites for hydroxylation is 1. The van der Waals surface area contributed by atoms with Gasteiger partial charge in [0.1, 0.15) is 6.07 Å². The van der Waals surface area contributed by atoms with Crippen molar-refractivity contribution in [2.45, 2.75) is 24.3 Å². The van der Waals surface area contributed by atoms with Crippen LogP contribution in [0.2, 0.25) is 0 Å². The van der Waals surface area contributed by atoms with Crippen molar-refractivity contribution in [1.82, 2.24) is 4.72 Å². The normalized spacial score (nSPS) is 13.7. The van der Waals surface area contributed by atoms with Crippen LogP contribution in [0.15, 0.2) is 47.4 Å². The van der Waals surface area contributed by atoms with Crippen molar-refractivity contribution in [2.24, 2.45) is 0 Å². The molecule has 1 aliphatic rings. The highest BCUT2D eigenvalue weighted by molar-refractivity contribution is 7.89. The Morgan fingerprint density at radius 2 is 1.96 bits per heavy atom. The molecule has 1 amide bonds. The lowest BCUT2D eigenvalue weighted by molar-refractivity contribution is -0.116. The lowest BCUT2D eigenvalue weighted by Gasteiger charge is -2.17. The van der Waals surface area contributed by atoms with Gasteiger partial charge in [0.05, 0.1) is 10.5 Å². The van der Waals surface area contributed by atoms with E-state index in [-0.39, 0.29) is 22.9 Å². The number of benzene rings is 2. The van der Waals surface area contributed by atoms with Crippen molar-refractivity contribution >= 4 is 21.6 Å². The number of rotatable bonds is 4. The van der Waals surface area contributed by atoms with Gasteiger partial charge in [0.25, 0.3) is 0 Å². The summed E-state index contributed by atoms with van der Waals surface area (Å²) < 4.78 is 27.3. The van der Waals surface area contributed by atoms with Gasteiger partial charge >= 0.3 is 0 Å². The summed E-state index contributed by atoms with van der Waals surface area (Å²) in [7, 11) is -3.77. The zero-order valence-corrected chi connectivity index (χ0v) is 13.6. The molecule has 122 valence electrons. The molecule has 2 aromatic carbocycles. The molecular weight excluding hydrogens is 326 g/mol. The first-order valence-electron chi connectivity index (χ1n) is 7.40. The molecule has 0 radical (unpaired) electrons. The number of sulfonamides is 1. The fourth-order valence-corrected chi connectivity index (χ4v) is 3.77. The number of nitrogens with one attached hydrogen (secondary N) is 2. The van der Waals surface area contributed by atoms with Gasteiger partial charge in [-0.1, -0.05) is 24.3 Å². The molecule has 1 aliphatic heterocycles. The Morgan fingerprint density at radius 3 is 2.75 bits per heavy atom. The van der Waals surface area contributed by atoms with E-state index in [9.17, 15) is 13.2 Å². The number of nitriles is 1. The van der Waals surface area contributed by atoms with Gasteiger partial charge in [0.15, 0.2) is 0 Å². The zero-order valence-electron chi connectivity index (χ0n) is 12.7. The van der Waals surface area contributed by atoms with Crippen LogP contribution in [0.4, 0.5) is 5.69 Å². The molecule has 1 heterocycles. The van der Waals surface area contributed by atoms with E-state index in [4.69, 9.17) is 5.26 Å². The summed E-state index contributed by atoms with van der Waals surface area (Å²) in [4.78, 5) is 11.3. The molecule has 0 atom stereocenters. The predicted molar refractivity (Wildman–Crippen MR) is 88.6 cm³/mol. The van der Waals surface area contributed by atoms with Gasteiger partial charge in [-0.3, -0.25) is 4.79 Å². The van der Waals surface area contributed by atoms with Crippen molar-refractivity contribution in [3.05, 3.63) is 59.2 Å². The third kappa shape index (κ3) is 3.30. The molecule has 0 bridgehead atoms. The fourth-order valence-electron chi connectivity index (χ4n) is 2.60. The maximum Gasteiger partial charge on any atom is 0.242 e. The first-order valence-corrected chi connectivity index (χ1v) is 8.88. The average Bonchev–Trinajstić information content (AvgIpc) is 2.60. The summed E-state index contributed by atoms with van der Waals surface area (Å²) in [6.45, 7) is 0.114. The highest BCUT2D eigenvalue weighted by atomic mass is 32.2. The van der Waals surface area contributed by atoms with Crippen LogP contribution in [-0.2, 0) is 27.8 Å². The maximum atomic E-state index is 12.4. The molecule has 0 saturated heterocycles. The van der Waals surface area contributed by atoms with Crippen molar-refractivity contribution in [3.8, 4) is 6.07 Å². The van der Waals surface area contributed by atoms with Crippen LogP contribution in [0.1, 0.15) is 23.1 Å². The lowest BCUT2D eigenvalue weighted by Crippen LogP contribution is -2.24. The van der Waals surface area contributed by atoms with Gasteiger partial charge in [-0.15, -0.1) is 0 Å². The summed E-state index contributed by atoms with van der Waals surface area (Å²) in [5, 5.41) is 11.8. The minimum atomic E-state index is -3.77. The monoisotopic (exact) mass is 341 g/mol. The number of amides is 1. The van der Waals surface area contributed by atoms with Crippen LogP contribution in [0.5, 0.6) is 0 Å². The molecule has 0 fully saturated rings. The van der Waals surface area contributed by atoms with E-state index in [1.807, 2.05) is 12.1 Å². The molecule has 2 aromatic rings. The Balaban J connectivity index is 1.78. The topological polar surface area (TPSA) is 99.1 Å². The van der Waals surface area contributed by atoms with Crippen LogP contribution in [0.3, 0.4) is 0 Å². The SMILES string of the molecule is N#Cc1ccccc1S(=O)(=O)NCc1ccc2c(c1)CCC(=O)N2. The second-order valence-electron chi connectivity index (χ2n) is 5.47. The first kappa shape index (κ1) is 16.2. The molecule has 6 nitrogen and oxygen atoms in total. The molecule has 0 spiro atoms. The van der Waals surface area contributed by atoms with Crippen LogP contribution in [0, 0.1) is 11.3 Å². The minimum absolute atomic E-state index is 0.0101. The van der Waals surface area contributed by atoms with Crippen LogP contribution < -0.4 is 10.0 Å². The number of nitrogens with zero attached hydrogens (tertiary/aromatic N) is 1. The van der Waals surface area contributed by atoms with E-state index >= 15 is 0 Å². The standard InChI is InChI=1S/C17H15N3O3S/c18-10-14-3-1-2-4-16(14)24(22,23)19-11-12-5-7-15-13(9-12)6-8-17(21)20-15/h1-5,7,9,19H,6,8,11H2,(H,20,21). The second-order valence-corrected chi connectivity index (χ2v) is 7.21. The zero-order chi connectivity index (χ0) is 17.2. The van der Waals surface area contributed by atoms with Crippen molar-refractivity contribution in [1.29, 1.82) is 5.26 Å². The smallest absolute Gasteiger partial charge is 0.242 e. The van der Waals surface area contributed by atoms with E-state index < -0.39 is 10.0 Å².